The Morgan fingerprint density at radius 2 is 2.05 bits per heavy atom. The summed E-state index contributed by atoms with van der Waals surface area (Å²) in [5.74, 6) is 0.513. The fraction of sp³-hybridized carbons (Fsp3) is 0.500. The molecule has 0 saturated heterocycles. The summed E-state index contributed by atoms with van der Waals surface area (Å²) in [5, 5.41) is 10.6. The van der Waals surface area contributed by atoms with Crippen LogP contribution in [0.4, 0.5) is 0 Å². The van der Waals surface area contributed by atoms with Crippen LogP contribution < -0.4 is 5.32 Å². The Balaban J connectivity index is 1.75. The zero-order chi connectivity index (χ0) is 13.2. The Labute approximate surface area is 111 Å². The van der Waals surface area contributed by atoms with Gasteiger partial charge in [0.05, 0.1) is 0 Å². The second-order valence-electron chi connectivity index (χ2n) is 5.31. The molecule has 1 aliphatic rings. The van der Waals surface area contributed by atoms with Gasteiger partial charge < -0.3 is 5.32 Å². The molecule has 1 saturated carbocycles. The lowest BCUT2D eigenvalue weighted by molar-refractivity contribution is 0.0910. The number of carbonyl (C=O) groups excluding carboxylic acids is 1. The fourth-order valence-corrected chi connectivity index (χ4v) is 2.71. The van der Waals surface area contributed by atoms with E-state index in [4.69, 9.17) is 0 Å². The van der Waals surface area contributed by atoms with Crippen LogP contribution in [0.25, 0.3) is 11.0 Å². The van der Waals surface area contributed by atoms with Crippen LogP contribution in [-0.2, 0) is 0 Å². The van der Waals surface area contributed by atoms with Crippen LogP contribution >= 0.6 is 0 Å². The van der Waals surface area contributed by atoms with Crippen molar-refractivity contribution in [1.82, 2.24) is 15.6 Å². The van der Waals surface area contributed by atoms with Crippen molar-refractivity contribution in [2.24, 2.45) is 5.92 Å². The van der Waals surface area contributed by atoms with Gasteiger partial charge in [-0.05, 0) is 47.3 Å². The standard InChI is InChI=1S/C14H17N3O2/c1-9-4-2-3-5-11(9)15-14(18)10-6-7-12-13(8-10)17-19-16-12/h6-9,11H,2-5H2,1H3,(H,15,18). The van der Waals surface area contributed by atoms with E-state index in [-0.39, 0.29) is 11.9 Å². The van der Waals surface area contributed by atoms with Crippen molar-refractivity contribution in [3.05, 3.63) is 23.8 Å². The van der Waals surface area contributed by atoms with Gasteiger partial charge in [-0.2, -0.15) is 0 Å². The summed E-state index contributed by atoms with van der Waals surface area (Å²) < 4.78 is 4.63. The molecule has 5 heteroatoms. The van der Waals surface area contributed by atoms with Crippen LogP contribution in [-0.4, -0.2) is 22.3 Å². The third-order valence-corrected chi connectivity index (χ3v) is 3.94. The van der Waals surface area contributed by atoms with E-state index in [1.807, 2.05) is 0 Å². The molecule has 19 heavy (non-hydrogen) atoms. The van der Waals surface area contributed by atoms with Gasteiger partial charge in [-0.3, -0.25) is 4.79 Å². The largest absolute Gasteiger partial charge is 0.349 e. The first kappa shape index (κ1) is 12.1. The molecule has 1 aromatic carbocycles. The van der Waals surface area contributed by atoms with Crippen LogP contribution in [0.15, 0.2) is 22.8 Å². The molecular weight excluding hydrogens is 242 g/mol. The quantitative estimate of drug-likeness (QED) is 0.899. The predicted molar refractivity (Wildman–Crippen MR) is 70.7 cm³/mol. The minimum atomic E-state index is -0.0383. The van der Waals surface area contributed by atoms with Crippen LogP contribution in [0.2, 0.25) is 0 Å². The highest BCUT2D eigenvalue weighted by Crippen LogP contribution is 2.24. The highest BCUT2D eigenvalue weighted by atomic mass is 16.6. The number of amides is 1. The maximum atomic E-state index is 12.2. The van der Waals surface area contributed by atoms with E-state index in [9.17, 15) is 4.79 Å². The number of hydrogen-bond donors (Lipinski definition) is 1. The summed E-state index contributed by atoms with van der Waals surface area (Å²) >= 11 is 0. The molecular formula is C14H17N3O2. The summed E-state index contributed by atoms with van der Waals surface area (Å²) in [6.07, 6.45) is 4.73. The van der Waals surface area contributed by atoms with Crippen LogP contribution in [0.5, 0.6) is 0 Å². The molecule has 0 bridgehead atoms. The van der Waals surface area contributed by atoms with Crippen molar-refractivity contribution < 1.29 is 9.42 Å². The van der Waals surface area contributed by atoms with Gasteiger partial charge in [0.15, 0.2) is 0 Å². The molecule has 0 radical (unpaired) electrons. The maximum Gasteiger partial charge on any atom is 0.251 e. The van der Waals surface area contributed by atoms with Crippen LogP contribution in [0, 0.1) is 5.92 Å². The Morgan fingerprint density at radius 1 is 1.26 bits per heavy atom. The first-order valence-electron chi connectivity index (χ1n) is 6.77. The van der Waals surface area contributed by atoms with E-state index in [0.717, 1.165) is 6.42 Å². The van der Waals surface area contributed by atoms with Crippen molar-refractivity contribution in [1.29, 1.82) is 0 Å². The molecule has 1 amide bonds. The summed E-state index contributed by atoms with van der Waals surface area (Å²) in [4.78, 5) is 12.2. The lowest BCUT2D eigenvalue weighted by Gasteiger charge is -2.29. The summed E-state index contributed by atoms with van der Waals surface area (Å²) in [6, 6.07) is 5.52. The van der Waals surface area contributed by atoms with Crippen molar-refractivity contribution in [3.8, 4) is 0 Å². The van der Waals surface area contributed by atoms with E-state index in [1.54, 1.807) is 18.2 Å². The molecule has 2 unspecified atom stereocenters. The van der Waals surface area contributed by atoms with Crippen LogP contribution in [0.1, 0.15) is 43.0 Å². The monoisotopic (exact) mass is 259 g/mol. The van der Waals surface area contributed by atoms with Gasteiger partial charge in [0, 0.05) is 11.6 Å². The molecule has 5 nitrogen and oxygen atoms in total. The highest BCUT2D eigenvalue weighted by Gasteiger charge is 2.23. The first-order chi connectivity index (χ1) is 9.24. The van der Waals surface area contributed by atoms with E-state index >= 15 is 0 Å². The van der Waals surface area contributed by atoms with Crippen molar-refractivity contribution >= 4 is 16.9 Å². The summed E-state index contributed by atoms with van der Waals surface area (Å²) in [6.45, 7) is 2.20. The van der Waals surface area contributed by atoms with Gasteiger partial charge in [-0.25, -0.2) is 4.63 Å². The summed E-state index contributed by atoms with van der Waals surface area (Å²) in [7, 11) is 0. The molecule has 2 atom stereocenters. The van der Waals surface area contributed by atoms with Crippen molar-refractivity contribution in [2.45, 2.75) is 38.6 Å². The Bertz CT molecular complexity index is 593. The molecule has 1 fully saturated rings. The van der Waals surface area contributed by atoms with Gasteiger partial charge in [0.25, 0.3) is 5.91 Å². The Kier molecular flexibility index (Phi) is 3.19. The maximum absolute atomic E-state index is 12.2. The zero-order valence-electron chi connectivity index (χ0n) is 10.9. The molecule has 3 rings (SSSR count). The van der Waals surface area contributed by atoms with Gasteiger partial charge in [0.2, 0.25) is 0 Å². The first-order valence-corrected chi connectivity index (χ1v) is 6.77. The van der Waals surface area contributed by atoms with Gasteiger partial charge in [-0.15, -0.1) is 0 Å². The molecule has 1 N–H and O–H groups in total. The number of benzene rings is 1. The number of fused-ring (bicyclic) bond motifs is 1. The third-order valence-electron chi connectivity index (χ3n) is 3.94. The normalized spacial score (nSPS) is 23.4. The molecule has 0 spiro atoms. The average Bonchev–Trinajstić information content (AvgIpc) is 2.88. The second kappa shape index (κ2) is 4.99. The second-order valence-corrected chi connectivity index (χ2v) is 5.31. The van der Waals surface area contributed by atoms with Crippen molar-refractivity contribution in [2.75, 3.05) is 0 Å². The number of carbonyl (C=O) groups is 1. The van der Waals surface area contributed by atoms with E-state index in [0.29, 0.717) is 22.5 Å². The number of aromatic nitrogens is 2. The Hall–Kier alpha value is -1.91. The van der Waals surface area contributed by atoms with Gasteiger partial charge in [-0.1, -0.05) is 19.8 Å². The number of nitrogens with one attached hydrogen (secondary N) is 1. The number of nitrogens with zero attached hydrogens (tertiary/aromatic N) is 2. The lowest BCUT2D eigenvalue weighted by Crippen LogP contribution is -2.41. The smallest absolute Gasteiger partial charge is 0.251 e. The van der Waals surface area contributed by atoms with E-state index < -0.39 is 0 Å². The SMILES string of the molecule is CC1CCCCC1NC(=O)c1ccc2nonc2c1. The highest BCUT2D eigenvalue weighted by molar-refractivity contribution is 5.97. The Morgan fingerprint density at radius 3 is 2.89 bits per heavy atom. The van der Waals surface area contributed by atoms with E-state index in [2.05, 4.69) is 27.2 Å². The van der Waals surface area contributed by atoms with Gasteiger partial charge >= 0.3 is 0 Å². The molecule has 100 valence electrons. The summed E-state index contributed by atoms with van der Waals surface area (Å²) in [5.41, 5.74) is 1.90. The number of hydrogen-bond acceptors (Lipinski definition) is 4. The fourth-order valence-electron chi connectivity index (χ4n) is 2.71. The third kappa shape index (κ3) is 2.45. The predicted octanol–water partition coefficient (Wildman–Crippen LogP) is 2.53. The minimum absolute atomic E-state index is 0.0383. The minimum Gasteiger partial charge on any atom is -0.349 e. The van der Waals surface area contributed by atoms with E-state index in [1.165, 1.54) is 19.3 Å². The van der Waals surface area contributed by atoms with Crippen molar-refractivity contribution in [3.63, 3.8) is 0 Å². The average molecular weight is 259 g/mol. The van der Waals surface area contributed by atoms with Crippen LogP contribution in [0.3, 0.4) is 0 Å². The molecule has 0 aliphatic heterocycles. The molecule has 1 aromatic heterocycles. The zero-order valence-corrected chi connectivity index (χ0v) is 10.9. The lowest BCUT2D eigenvalue weighted by atomic mass is 9.86. The topological polar surface area (TPSA) is 68.0 Å². The molecule has 1 heterocycles. The van der Waals surface area contributed by atoms with Gasteiger partial charge in [0.1, 0.15) is 11.0 Å². The molecule has 1 aliphatic carbocycles. The molecule has 2 aromatic rings. The number of rotatable bonds is 2.